The van der Waals surface area contributed by atoms with Crippen LogP contribution in [0.1, 0.15) is 16.7 Å². The number of halogens is 1. The quantitative estimate of drug-likeness (QED) is 0.931. The van der Waals surface area contributed by atoms with Gasteiger partial charge < -0.3 is 5.32 Å². The smallest absolute Gasteiger partial charge is 0.228 e. The molecule has 100 valence electrons. The van der Waals surface area contributed by atoms with Gasteiger partial charge in [-0.1, -0.05) is 28.1 Å². The molecule has 0 aromatic heterocycles. The molecule has 0 aliphatic rings. The number of aryl methyl sites for hydroxylation is 1. The lowest BCUT2D eigenvalue weighted by atomic mass is 10.1. The highest BCUT2D eigenvalue weighted by Gasteiger charge is 2.06. The van der Waals surface area contributed by atoms with Crippen LogP contribution in [-0.4, -0.2) is 5.91 Å². The third-order valence-corrected chi connectivity index (χ3v) is 3.40. The van der Waals surface area contributed by atoms with Crippen LogP contribution in [0.3, 0.4) is 0 Å². The maximum absolute atomic E-state index is 12.0. The van der Waals surface area contributed by atoms with E-state index in [2.05, 4.69) is 27.3 Å². The van der Waals surface area contributed by atoms with E-state index in [9.17, 15) is 4.79 Å². The van der Waals surface area contributed by atoms with Crippen molar-refractivity contribution in [3.63, 3.8) is 0 Å². The minimum atomic E-state index is -0.0693. The number of hydrogen-bond donors (Lipinski definition) is 1. The van der Waals surface area contributed by atoms with E-state index >= 15 is 0 Å². The fourth-order valence-electron chi connectivity index (χ4n) is 1.84. The first-order valence-corrected chi connectivity index (χ1v) is 6.93. The van der Waals surface area contributed by atoms with E-state index in [1.165, 1.54) is 0 Å². The van der Waals surface area contributed by atoms with Gasteiger partial charge in [0.2, 0.25) is 5.91 Å². The number of nitrogens with zero attached hydrogens (tertiary/aromatic N) is 1. The first kappa shape index (κ1) is 14.3. The molecule has 1 amide bonds. The van der Waals surface area contributed by atoms with Gasteiger partial charge in [-0.05, 0) is 48.4 Å². The van der Waals surface area contributed by atoms with Crippen LogP contribution in [0.15, 0.2) is 46.9 Å². The van der Waals surface area contributed by atoms with E-state index in [4.69, 9.17) is 5.26 Å². The molecule has 0 heterocycles. The second-order valence-electron chi connectivity index (χ2n) is 4.49. The van der Waals surface area contributed by atoms with Crippen molar-refractivity contribution in [2.45, 2.75) is 13.3 Å². The third kappa shape index (κ3) is 3.69. The predicted octanol–water partition coefficient (Wildman–Crippen LogP) is 3.81. The summed E-state index contributed by atoms with van der Waals surface area (Å²) in [6.45, 7) is 1.95. The lowest BCUT2D eigenvalue weighted by Crippen LogP contribution is -2.15. The standard InChI is InChI=1S/C16H13BrN2O/c1-11-8-14(17)6-7-15(11)19-16(20)9-12-2-4-13(10-18)5-3-12/h2-8H,9H2,1H3,(H,19,20). The number of benzene rings is 2. The summed E-state index contributed by atoms with van der Waals surface area (Å²) in [5.41, 5.74) is 3.30. The van der Waals surface area contributed by atoms with Gasteiger partial charge in [-0.25, -0.2) is 0 Å². The Balaban J connectivity index is 2.03. The molecule has 2 rings (SSSR count). The monoisotopic (exact) mass is 328 g/mol. The second-order valence-corrected chi connectivity index (χ2v) is 5.41. The minimum Gasteiger partial charge on any atom is -0.326 e. The maximum Gasteiger partial charge on any atom is 0.228 e. The molecule has 0 unspecified atom stereocenters. The van der Waals surface area contributed by atoms with Crippen molar-refractivity contribution in [3.8, 4) is 6.07 Å². The van der Waals surface area contributed by atoms with Crippen LogP contribution in [0.5, 0.6) is 0 Å². The summed E-state index contributed by atoms with van der Waals surface area (Å²) in [6.07, 6.45) is 0.293. The van der Waals surface area contributed by atoms with Gasteiger partial charge in [-0.2, -0.15) is 5.26 Å². The molecule has 1 N–H and O–H groups in total. The van der Waals surface area contributed by atoms with Crippen molar-refractivity contribution in [1.29, 1.82) is 5.26 Å². The summed E-state index contributed by atoms with van der Waals surface area (Å²) in [7, 11) is 0. The molecule has 0 aliphatic carbocycles. The van der Waals surface area contributed by atoms with Crippen LogP contribution in [-0.2, 0) is 11.2 Å². The van der Waals surface area contributed by atoms with Crippen molar-refractivity contribution in [2.24, 2.45) is 0 Å². The predicted molar refractivity (Wildman–Crippen MR) is 82.4 cm³/mol. The van der Waals surface area contributed by atoms with E-state index in [1.54, 1.807) is 24.3 Å². The first-order chi connectivity index (χ1) is 9.58. The van der Waals surface area contributed by atoms with Crippen molar-refractivity contribution in [2.75, 3.05) is 5.32 Å². The van der Waals surface area contributed by atoms with Crippen LogP contribution in [0, 0.1) is 18.3 Å². The molecule has 0 radical (unpaired) electrons. The summed E-state index contributed by atoms with van der Waals surface area (Å²) in [4.78, 5) is 12.0. The highest BCUT2D eigenvalue weighted by Crippen LogP contribution is 2.20. The largest absolute Gasteiger partial charge is 0.326 e. The van der Waals surface area contributed by atoms with Crippen molar-refractivity contribution >= 4 is 27.5 Å². The third-order valence-electron chi connectivity index (χ3n) is 2.91. The van der Waals surface area contributed by atoms with Gasteiger partial charge in [-0.3, -0.25) is 4.79 Å². The SMILES string of the molecule is Cc1cc(Br)ccc1NC(=O)Cc1ccc(C#N)cc1. The van der Waals surface area contributed by atoms with Crippen molar-refractivity contribution < 1.29 is 4.79 Å². The number of carbonyl (C=O) groups is 1. The van der Waals surface area contributed by atoms with Crippen LogP contribution in [0.4, 0.5) is 5.69 Å². The zero-order chi connectivity index (χ0) is 14.5. The number of nitriles is 1. The Hall–Kier alpha value is -2.12. The van der Waals surface area contributed by atoms with E-state index in [0.717, 1.165) is 21.3 Å². The number of rotatable bonds is 3. The Bertz CT molecular complexity index is 672. The van der Waals surface area contributed by atoms with Gasteiger partial charge in [0.15, 0.2) is 0 Å². The zero-order valence-corrected chi connectivity index (χ0v) is 12.6. The first-order valence-electron chi connectivity index (χ1n) is 6.13. The molecule has 2 aromatic carbocycles. The summed E-state index contributed by atoms with van der Waals surface area (Å²) < 4.78 is 0.986. The number of nitrogens with one attached hydrogen (secondary N) is 1. The molecule has 0 saturated heterocycles. The fourth-order valence-corrected chi connectivity index (χ4v) is 2.32. The topological polar surface area (TPSA) is 52.9 Å². The van der Waals surface area contributed by atoms with Crippen LogP contribution in [0.2, 0.25) is 0 Å². The Labute approximate surface area is 126 Å². The molecule has 0 atom stereocenters. The van der Waals surface area contributed by atoms with Gasteiger partial charge in [0.05, 0.1) is 18.1 Å². The molecule has 0 aliphatic heterocycles. The molecular formula is C16H13BrN2O. The van der Waals surface area contributed by atoms with Crippen molar-refractivity contribution in [3.05, 3.63) is 63.6 Å². The number of amides is 1. The van der Waals surface area contributed by atoms with Gasteiger partial charge in [0.1, 0.15) is 0 Å². The Morgan fingerprint density at radius 2 is 1.95 bits per heavy atom. The lowest BCUT2D eigenvalue weighted by molar-refractivity contribution is -0.115. The van der Waals surface area contributed by atoms with E-state index in [0.29, 0.717) is 12.0 Å². The van der Waals surface area contributed by atoms with E-state index in [1.807, 2.05) is 25.1 Å². The molecular weight excluding hydrogens is 316 g/mol. The highest BCUT2D eigenvalue weighted by molar-refractivity contribution is 9.10. The number of hydrogen-bond acceptors (Lipinski definition) is 2. The minimum absolute atomic E-state index is 0.0693. The fraction of sp³-hybridized carbons (Fsp3) is 0.125. The lowest BCUT2D eigenvalue weighted by Gasteiger charge is -2.09. The summed E-state index contributed by atoms with van der Waals surface area (Å²) >= 11 is 3.39. The van der Waals surface area contributed by atoms with Crippen molar-refractivity contribution in [1.82, 2.24) is 0 Å². The molecule has 0 fully saturated rings. The Morgan fingerprint density at radius 1 is 1.25 bits per heavy atom. The summed E-state index contributed by atoms with van der Waals surface area (Å²) in [6, 6.07) is 14.8. The molecule has 0 saturated carbocycles. The average molecular weight is 329 g/mol. The molecule has 0 spiro atoms. The number of carbonyl (C=O) groups excluding carboxylic acids is 1. The second kappa shape index (κ2) is 6.36. The van der Waals surface area contributed by atoms with E-state index < -0.39 is 0 Å². The van der Waals surface area contributed by atoms with Gasteiger partial charge in [0.25, 0.3) is 0 Å². The molecule has 4 heteroatoms. The van der Waals surface area contributed by atoms with Crippen LogP contribution < -0.4 is 5.32 Å². The molecule has 0 bridgehead atoms. The van der Waals surface area contributed by atoms with Crippen LogP contribution in [0.25, 0.3) is 0 Å². The van der Waals surface area contributed by atoms with Gasteiger partial charge >= 0.3 is 0 Å². The Morgan fingerprint density at radius 3 is 2.55 bits per heavy atom. The summed E-state index contributed by atoms with van der Waals surface area (Å²) in [5, 5.41) is 11.6. The van der Waals surface area contributed by atoms with E-state index in [-0.39, 0.29) is 5.91 Å². The highest BCUT2D eigenvalue weighted by atomic mass is 79.9. The normalized spacial score (nSPS) is 9.85. The zero-order valence-electron chi connectivity index (χ0n) is 11.0. The Kier molecular flexibility index (Phi) is 4.54. The molecule has 20 heavy (non-hydrogen) atoms. The summed E-state index contributed by atoms with van der Waals surface area (Å²) in [5.74, 6) is -0.0693. The van der Waals surface area contributed by atoms with Gasteiger partial charge in [0, 0.05) is 10.2 Å². The molecule has 3 nitrogen and oxygen atoms in total. The molecule has 2 aromatic rings. The van der Waals surface area contributed by atoms with Gasteiger partial charge in [-0.15, -0.1) is 0 Å². The maximum atomic E-state index is 12.0. The average Bonchev–Trinajstić information content (AvgIpc) is 2.43. The number of anilines is 1. The van der Waals surface area contributed by atoms with Crippen LogP contribution >= 0.6 is 15.9 Å².